The fourth-order valence-electron chi connectivity index (χ4n) is 4.15. The molecule has 2 aliphatic heterocycles. The largest absolute Gasteiger partial charge is 0.435 e. The number of esters is 1. The number of amides is 1. The Morgan fingerprint density at radius 1 is 0.897 bits per heavy atom. The molecule has 0 fully saturated rings. The van der Waals surface area contributed by atoms with Crippen molar-refractivity contribution in [2.24, 2.45) is 0 Å². The van der Waals surface area contributed by atoms with E-state index in [1.807, 2.05) is 60.7 Å². The summed E-state index contributed by atoms with van der Waals surface area (Å²) >= 11 is 6.41. The van der Waals surface area contributed by atoms with E-state index >= 15 is 0 Å². The second-order valence-electron chi connectivity index (χ2n) is 7.08. The number of para-hydroxylation sites is 1. The minimum atomic E-state index is -1.55. The summed E-state index contributed by atoms with van der Waals surface area (Å²) in [6.07, 6.45) is 1.85. The van der Waals surface area contributed by atoms with Crippen LogP contribution in [0.5, 0.6) is 0 Å². The smallest absolute Gasteiger partial charge is 0.340 e. The van der Waals surface area contributed by atoms with Crippen LogP contribution in [0.2, 0.25) is 5.02 Å². The first-order valence-corrected chi connectivity index (χ1v) is 9.59. The van der Waals surface area contributed by atoms with E-state index in [9.17, 15) is 9.59 Å². The minimum Gasteiger partial charge on any atom is -0.435 e. The van der Waals surface area contributed by atoms with Gasteiger partial charge in [0, 0.05) is 23.2 Å². The van der Waals surface area contributed by atoms with Crippen molar-refractivity contribution in [2.45, 2.75) is 5.60 Å². The molecule has 0 bridgehead atoms. The van der Waals surface area contributed by atoms with Gasteiger partial charge >= 0.3 is 5.97 Å². The fraction of sp³-hybridized carbons (Fsp3) is 0.0833. The van der Waals surface area contributed by atoms with Crippen molar-refractivity contribution in [1.82, 2.24) is 0 Å². The van der Waals surface area contributed by atoms with E-state index in [2.05, 4.69) is 0 Å². The number of anilines is 1. The van der Waals surface area contributed by atoms with Crippen LogP contribution in [0.4, 0.5) is 5.69 Å². The van der Waals surface area contributed by atoms with Gasteiger partial charge in [0.25, 0.3) is 5.91 Å². The molecule has 142 valence electrons. The number of carbonyl (C=O) groups excluding carboxylic acids is 2. The highest BCUT2D eigenvalue weighted by atomic mass is 35.5. The number of nitrogens with zero attached hydrogens (tertiary/aromatic N) is 1. The highest BCUT2D eigenvalue weighted by Crippen LogP contribution is 2.53. The zero-order valence-corrected chi connectivity index (χ0v) is 16.3. The van der Waals surface area contributed by atoms with E-state index in [0.717, 1.165) is 11.3 Å². The van der Waals surface area contributed by atoms with Gasteiger partial charge in [-0.15, -0.1) is 0 Å². The van der Waals surface area contributed by atoms with E-state index in [0.29, 0.717) is 27.3 Å². The maximum atomic E-state index is 13.6. The molecular formula is C24H16ClNO3. The molecule has 2 heterocycles. The number of ether oxygens (including phenoxy) is 1. The van der Waals surface area contributed by atoms with Gasteiger partial charge in [0.2, 0.25) is 5.60 Å². The summed E-state index contributed by atoms with van der Waals surface area (Å²) < 4.78 is 5.95. The molecule has 1 amide bonds. The SMILES string of the molecule is CN1C(=O)C2(OC(=O)c3ccccc3/C2=C\c2ccccc2Cl)c2ccccc21. The van der Waals surface area contributed by atoms with Crippen LogP contribution >= 0.6 is 11.6 Å². The number of benzene rings is 3. The van der Waals surface area contributed by atoms with Gasteiger partial charge in [-0.3, -0.25) is 4.79 Å². The Bertz CT molecular complexity index is 1220. The quantitative estimate of drug-likeness (QED) is 0.543. The molecular weight excluding hydrogens is 386 g/mol. The zero-order valence-electron chi connectivity index (χ0n) is 15.6. The van der Waals surface area contributed by atoms with Gasteiger partial charge in [0.05, 0.1) is 11.3 Å². The van der Waals surface area contributed by atoms with Gasteiger partial charge in [-0.1, -0.05) is 66.2 Å². The van der Waals surface area contributed by atoms with E-state index in [1.54, 1.807) is 25.2 Å². The Morgan fingerprint density at radius 2 is 1.55 bits per heavy atom. The van der Waals surface area contributed by atoms with Crippen LogP contribution < -0.4 is 4.90 Å². The average Bonchev–Trinajstić information content (AvgIpc) is 2.95. The average molecular weight is 402 g/mol. The van der Waals surface area contributed by atoms with Gasteiger partial charge < -0.3 is 9.64 Å². The Kier molecular flexibility index (Phi) is 3.86. The fourth-order valence-corrected chi connectivity index (χ4v) is 4.34. The van der Waals surface area contributed by atoms with Crippen LogP contribution in [0.3, 0.4) is 0 Å². The Morgan fingerprint density at radius 3 is 2.34 bits per heavy atom. The highest BCUT2D eigenvalue weighted by molar-refractivity contribution is 6.32. The van der Waals surface area contributed by atoms with Gasteiger partial charge in [-0.05, 0) is 35.4 Å². The summed E-state index contributed by atoms with van der Waals surface area (Å²) in [5, 5.41) is 0.552. The van der Waals surface area contributed by atoms with Crippen molar-refractivity contribution in [3.8, 4) is 0 Å². The first-order chi connectivity index (χ1) is 14.0. The number of rotatable bonds is 1. The second kappa shape index (κ2) is 6.33. The Hall–Kier alpha value is -3.37. The molecule has 0 N–H and O–H groups in total. The summed E-state index contributed by atoms with van der Waals surface area (Å²) in [5.41, 5.74) is 2.26. The molecule has 1 unspecified atom stereocenters. The van der Waals surface area contributed by atoms with Gasteiger partial charge in [0.1, 0.15) is 0 Å². The number of likely N-dealkylation sites (N-methyl/N-ethyl adjacent to an activating group) is 1. The lowest BCUT2D eigenvalue weighted by molar-refractivity contribution is -0.131. The summed E-state index contributed by atoms with van der Waals surface area (Å²) in [7, 11) is 1.69. The number of hydrogen-bond acceptors (Lipinski definition) is 3. The van der Waals surface area contributed by atoms with Crippen molar-refractivity contribution >= 4 is 40.8 Å². The predicted molar refractivity (Wildman–Crippen MR) is 113 cm³/mol. The molecule has 29 heavy (non-hydrogen) atoms. The van der Waals surface area contributed by atoms with E-state index in [1.165, 1.54) is 4.90 Å². The Labute approximate surface area is 173 Å². The molecule has 0 aromatic heterocycles. The zero-order chi connectivity index (χ0) is 20.2. The van der Waals surface area contributed by atoms with Crippen LogP contribution in [0.25, 0.3) is 11.6 Å². The van der Waals surface area contributed by atoms with Gasteiger partial charge in [-0.2, -0.15) is 0 Å². The van der Waals surface area contributed by atoms with Crippen molar-refractivity contribution in [2.75, 3.05) is 11.9 Å². The van der Waals surface area contributed by atoms with Gasteiger partial charge in [-0.25, -0.2) is 4.79 Å². The van der Waals surface area contributed by atoms with Crippen LogP contribution in [0.15, 0.2) is 72.8 Å². The summed E-state index contributed by atoms with van der Waals surface area (Å²) in [4.78, 5) is 28.0. The standard InChI is InChI=1S/C24H16ClNO3/c1-26-21-13-7-5-11-18(21)24(23(26)28)19(14-15-8-2-6-12-20(15)25)16-9-3-4-10-17(16)22(27)29-24/h2-14H,1H3/b19-14+. The maximum absolute atomic E-state index is 13.6. The molecule has 1 atom stereocenters. The molecule has 5 rings (SSSR count). The van der Waals surface area contributed by atoms with Crippen molar-refractivity contribution < 1.29 is 14.3 Å². The first kappa shape index (κ1) is 17.7. The monoisotopic (exact) mass is 401 g/mol. The molecule has 5 heteroatoms. The van der Waals surface area contributed by atoms with Crippen molar-refractivity contribution in [1.29, 1.82) is 0 Å². The number of hydrogen-bond donors (Lipinski definition) is 0. The molecule has 0 saturated heterocycles. The van der Waals surface area contributed by atoms with Gasteiger partial charge in [0.15, 0.2) is 0 Å². The normalized spacial score (nSPS) is 21.3. The van der Waals surface area contributed by atoms with Crippen LogP contribution in [-0.4, -0.2) is 18.9 Å². The molecule has 1 spiro atoms. The minimum absolute atomic E-state index is 0.306. The van der Waals surface area contributed by atoms with E-state index in [-0.39, 0.29) is 5.91 Å². The highest BCUT2D eigenvalue weighted by Gasteiger charge is 2.58. The van der Waals surface area contributed by atoms with Crippen LogP contribution in [-0.2, 0) is 15.1 Å². The second-order valence-corrected chi connectivity index (χ2v) is 7.48. The van der Waals surface area contributed by atoms with E-state index in [4.69, 9.17) is 16.3 Å². The molecule has 4 nitrogen and oxygen atoms in total. The van der Waals surface area contributed by atoms with Crippen LogP contribution in [0.1, 0.15) is 27.0 Å². The summed E-state index contributed by atoms with van der Waals surface area (Å²) in [6, 6.07) is 21.9. The van der Waals surface area contributed by atoms with E-state index < -0.39 is 11.6 Å². The third kappa shape index (κ3) is 2.39. The maximum Gasteiger partial charge on any atom is 0.340 e. The predicted octanol–water partition coefficient (Wildman–Crippen LogP) is 4.92. The third-order valence-corrected chi connectivity index (χ3v) is 5.86. The molecule has 0 aliphatic carbocycles. The first-order valence-electron chi connectivity index (χ1n) is 9.21. The molecule has 2 aliphatic rings. The lowest BCUT2D eigenvalue weighted by Gasteiger charge is -2.35. The number of fused-ring (bicyclic) bond motifs is 3. The lowest BCUT2D eigenvalue weighted by Crippen LogP contribution is -2.46. The topological polar surface area (TPSA) is 46.6 Å². The molecule has 0 radical (unpaired) electrons. The lowest BCUT2D eigenvalue weighted by atomic mass is 9.78. The third-order valence-electron chi connectivity index (χ3n) is 5.52. The summed E-state index contributed by atoms with van der Waals surface area (Å²) in [6.45, 7) is 0. The Balaban J connectivity index is 1.88. The number of carbonyl (C=O) groups is 2. The molecule has 0 saturated carbocycles. The van der Waals surface area contributed by atoms with Crippen LogP contribution in [0, 0.1) is 0 Å². The molecule has 3 aromatic rings. The summed E-state index contributed by atoms with van der Waals surface area (Å²) in [5.74, 6) is -0.824. The molecule has 3 aromatic carbocycles. The van der Waals surface area contributed by atoms with Crippen molar-refractivity contribution in [3.63, 3.8) is 0 Å². The number of halogens is 1. The van der Waals surface area contributed by atoms with Crippen molar-refractivity contribution in [3.05, 3.63) is 100 Å².